The second-order valence-electron chi connectivity index (χ2n) is 5.34. The van der Waals surface area contributed by atoms with Gasteiger partial charge in [-0.2, -0.15) is 0 Å². The minimum absolute atomic E-state index is 0.0625. The molecule has 134 valence electrons. The molecule has 0 radical (unpaired) electrons. The number of hydrogen-bond donors (Lipinski definition) is 2. The molecule has 0 bridgehead atoms. The molecule has 24 heavy (non-hydrogen) atoms. The number of hydrogen-bond acceptors (Lipinski definition) is 6. The van der Waals surface area contributed by atoms with Crippen molar-refractivity contribution < 1.29 is 19.2 Å². The normalized spacial score (nSPS) is 8.92. The van der Waals surface area contributed by atoms with Crippen LogP contribution in [-0.2, 0) is 32.3 Å². The van der Waals surface area contributed by atoms with Crippen molar-refractivity contribution in [1.29, 1.82) is 0 Å². The molecular weight excluding hydrogens is 308 g/mol. The molecule has 0 aliphatic carbocycles. The van der Waals surface area contributed by atoms with Crippen LogP contribution in [0.5, 0.6) is 0 Å². The molecule has 0 unspecified atom stereocenters. The highest BCUT2D eigenvalue weighted by atomic mass is 16.2. The van der Waals surface area contributed by atoms with Crippen molar-refractivity contribution in [3.63, 3.8) is 0 Å². The van der Waals surface area contributed by atoms with Crippen LogP contribution in [0.4, 0.5) is 0 Å². The van der Waals surface area contributed by atoms with Gasteiger partial charge in [-0.1, -0.05) is 24.3 Å². The lowest BCUT2D eigenvalue weighted by Gasteiger charge is -2.02. The van der Waals surface area contributed by atoms with E-state index in [1.165, 1.54) is 27.7 Å². The maximum atomic E-state index is 10.0. The summed E-state index contributed by atoms with van der Waals surface area (Å²) in [5.74, 6) is -0.250. The van der Waals surface area contributed by atoms with Gasteiger partial charge in [0.2, 0.25) is 0 Å². The first-order valence-electron chi connectivity index (χ1n) is 7.58. The van der Waals surface area contributed by atoms with Gasteiger partial charge in [-0.15, -0.1) is 0 Å². The fourth-order valence-corrected chi connectivity index (χ4v) is 1.66. The smallest absolute Gasteiger partial charge is 0.137 e. The van der Waals surface area contributed by atoms with Gasteiger partial charge < -0.3 is 11.5 Å². The van der Waals surface area contributed by atoms with Crippen molar-refractivity contribution in [2.75, 3.05) is 0 Å². The summed E-state index contributed by atoms with van der Waals surface area (Å²) in [6.07, 6.45) is 0.167. The molecule has 0 fully saturated rings. The number of nitrogens with two attached hydrogens (primary N) is 2. The molecule has 6 nitrogen and oxygen atoms in total. The number of carbonyl (C=O) groups is 4. The Balaban J connectivity index is 0. The van der Waals surface area contributed by atoms with Crippen molar-refractivity contribution in [2.45, 2.75) is 53.6 Å². The molecule has 0 heterocycles. The summed E-state index contributed by atoms with van der Waals surface area (Å²) in [4.78, 5) is 40.1. The van der Waals surface area contributed by atoms with Gasteiger partial charge in [-0.3, -0.25) is 19.2 Å². The van der Waals surface area contributed by atoms with Crippen molar-refractivity contribution in [3.05, 3.63) is 35.4 Å². The lowest BCUT2D eigenvalue weighted by molar-refractivity contribution is -0.126. The van der Waals surface area contributed by atoms with Crippen LogP contribution in [-0.4, -0.2) is 23.1 Å². The van der Waals surface area contributed by atoms with Gasteiger partial charge in [0.25, 0.3) is 0 Å². The van der Waals surface area contributed by atoms with Gasteiger partial charge in [-0.25, -0.2) is 0 Å². The van der Waals surface area contributed by atoms with E-state index in [1.807, 2.05) is 24.3 Å². The molecular formula is C18H28N2O4. The van der Waals surface area contributed by atoms with E-state index in [0.717, 1.165) is 11.1 Å². The lowest BCUT2D eigenvalue weighted by Crippen LogP contribution is -2.05. The Kier molecular flexibility index (Phi) is 14.5. The highest BCUT2D eigenvalue weighted by Gasteiger charge is 1.95. The van der Waals surface area contributed by atoms with Crippen molar-refractivity contribution in [2.24, 2.45) is 11.5 Å². The second-order valence-corrected chi connectivity index (χ2v) is 5.34. The predicted octanol–water partition coefficient (Wildman–Crippen LogP) is 1.71. The third-order valence-electron chi connectivity index (χ3n) is 2.55. The Morgan fingerprint density at radius 3 is 1.04 bits per heavy atom. The Bertz CT molecular complexity index is 481. The molecule has 0 atom stereocenters. The molecule has 1 rings (SSSR count). The van der Waals surface area contributed by atoms with Crippen LogP contribution in [0.3, 0.4) is 0 Å². The average molecular weight is 336 g/mol. The number of carbonyl (C=O) groups excluding carboxylic acids is 4. The number of rotatable bonds is 6. The van der Waals surface area contributed by atoms with Gasteiger partial charge in [-0.05, 0) is 38.8 Å². The molecule has 0 spiro atoms. The summed E-state index contributed by atoms with van der Waals surface area (Å²) in [5.41, 5.74) is 13.2. The number of ketones is 4. The third-order valence-corrected chi connectivity index (χ3v) is 2.55. The summed E-state index contributed by atoms with van der Waals surface area (Å²) >= 11 is 0. The van der Waals surface area contributed by atoms with Gasteiger partial charge in [0.15, 0.2) is 0 Å². The fraction of sp³-hybridized carbons (Fsp3) is 0.444. The van der Waals surface area contributed by atoms with E-state index in [1.54, 1.807) is 0 Å². The molecule has 0 aliphatic heterocycles. The molecule has 0 aliphatic rings. The largest absolute Gasteiger partial charge is 0.326 e. The van der Waals surface area contributed by atoms with E-state index in [4.69, 9.17) is 11.5 Å². The molecule has 0 saturated carbocycles. The summed E-state index contributed by atoms with van der Waals surface area (Å²) < 4.78 is 0. The predicted molar refractivity (Wildman–Crippen MR) is 94.2 cm³/mol. The van der Waals surface area contributed by atoms with Crippen molar-refractivity contribution >= 4 is 23.1 Å². The Hall–Kier alpha value is -2.18. The van der Waals surface area contributed by atoms with E-state index >= 15 is 0 Å². The first-order valence-corrected chi connectivity index (χ1v) is 7.58. The first-order chi connectivity index (χ1) is 11.1. The SMILES string of the molecule is CC(=O)CC(C)=O.CC(=O)CC(C)=O.NCc1ccccc1CN. The Labute approximate surface area is 143 Å². The zero-order valence-corrected chi connectivity index (χ0v) is 14.9. The molecule has 6 heteroatoms. The standard InChI is InChI=1S/C8H12N2.2C5H8O2/c9-5-7-3-1-2-4-8(7)6-10;2*1-4(6)3-5(2)7/h1-4H,5-6,9-10H2;2*3H2,1-2H3. The van der Waals surface area contributed by atoms with Crippen LogP contribution in [0.2, 0.25) is 0 Å². The zero-order valence-electron chi connectivity index (χ0n) is 14.9. The van der Waals surface area contributed by atoms with Crippen molar-refractivity contribution in [1.82, 2.24) is 0 Å². The van der Waals surface area contributed by atoms with Crippen LogP contribution in [0, 0.1) is 0 Å². The van der Waals surface area contributed by atoms with Crippen LogP contribution >= 0.6 is 0 Å². The maximum Gasteiger partial charge on any atom is 0.137 e. The van der Waals surface area contributed by atoms with Gasteiger partial charge >= 0.3 is 0 Å². The molecule has 4 N–H and O–H groups in total. The molecule has 1 aromatic carbocycles. The summed E-state index contributed by atoms with van der Waals surface area (Å²) in [6.45, 7) is 6.77. The fourth-order valence-electron chi connectivity index (χ4n) is 1.66. The van der Waals surface area contributed by atoms with Crippen LogP contribution < -0.4 is 11.5 Å². The molecule has 1 aromatic rings. The minimum atomic E-state index is -0.0625. The van der Waals surface area contributed by atoms with E-state index in [0.29, 0.717) is 13.1 Å². The van der Waals surface area contributed by atoms with Gasteiger partial charge in [0.05, 0.1) is 12.8 Å². The zero-order chi connectivity index (χ0) is 19.1. The molecule has 0 aromatic heterocycles. The highest BCUT2D eigenvalue weighted by molar-refractivity contribution is 5.97. The van der Waals surface area contributed by atoms with E-state index in [9.17, 15) is 19.2 Å². The van der Waals surface area contributed by atoms with Crippen LogP contribution in [0.25, 0.3) is 0 Å². The van der Waals surface area contributed by atoms with E-state index < -0.39 is 0 Å². The monoisotopic (exact) mass is 336 g/mol. The molecule has 0 saturated heterocycles. The van der Waals surface area contributed by atoms with Crippen LogP contribution in [0.15, 0.2) is 24.3 Å². The topological polar surface area (TPSA) is 120 Å². The van der Waals surface area contributed by atoms with Gasteiger partial charge in [0, 0.05) is 13.1 Å². The summed E-state index contributed by atoms with van der Waals surface area (Å²) in [7, 11) is 0. The third kappa shape index (κ3) is 16.2. The van der Waals surface area contributed by atoms with Gasteiger partial charge in [0.1, 0.15) is 23.1 Å². The van der Waals surface area contributed by atoms with Crippen molar-refractivity contribution in [3.8, 4) is 0 Å². The maximum absolute atomic E-state index is 10.0. The summed E-state index contributed by atoms with van der Waals surface area (Å²) in [5, 5.41) is 0. The minimum Gasteiger partial charge on any atom is -0.326 e. The second kappa shape index (κ2) is 14.4. The summed E-state index contributed by atoms with van der Waals surface area (Å²) in [6, 6.07) is 7.95. The van der Waals surface area contributed by atoms with E-state index in [2.05, 4.69) is 0 Å². The highest BCUT2D eigenvalue weighted by Crippen LogP contribution is 2.05. The molecule has 0 amide bonds. The van der Waals surface area contributed by atoms with E-state index in [-0.39, 0.29) is 36.0 Å². The average Bonchev–Trinajstić information content (AvgIpc) is 2.45. The Morgan fingerprint density at radius 1 is 0.667 bits per heavy atom. The quantitative estimate of drug-likeness (QED) is 0.763. The Morgan fingerprint density at radius 2 is 0.917 bits per heavy atom. The first kappa shape index (κ1) is 24.1. The number of benzene rings is 1. The van der Waals surface area contributed by atoms with Crippen LogP contribution in [0.1, 0.15) is 51.7 Å². The lowest BCUT2D eigenvalue weighted by atomic mass is 10.1. The number of Topliss-reactive ketones (excluding diaryl/α,β-unsaturated/α-hetero) is 4.